The topological polar surface area (TPSA) is 43.4 Å². The average molecular weight is 314 g/mol. The molecule has 4 rings (SSSR count). The normalized spacial score (nSPS) is 12.4. The van der Waals surface area contributed by atoms with Crippen molar-refractivity contribution >= 4 is 22.2 Å². The molecule has 2 heterocycles. The minimum Gasteiger partial charge on any atom is -0.454 e. The van der Waals surface area contributed by atoms with Gasteiger partial charge < -0.3 is 14.8 Å². The second-order valence-electron chi connectivity index (χ2n) is 4.74. The number of benzene rings is 2. The molecular weight excluding hydrogens is 303 g/mol. The quantitative estimate of drug-likeness (QED) is 0.777. The number of halogens is 1. The molecule has 110 valence electrons. The number of nitrogens with zero attached hydrogens (tertiary/aromatic N) is 1. The summed E-state index contributed by atoms with van der Waals surface area (Å²) in [6.07, 6.45) is 0. The maximum absolute atomic E-state index is 13.0. The number of aromatic nitrogens is 1. The highest BCUT2D eigenvalue weighted by Gasteiger charge is 2.13. The Bertz CT molecular complexity index is 817. The van der Waals surface area contributed by atoms with E-state index in [1.54, 1.807) is 12.1 Å². The van der Waals surface area contributed by atoms with E-state index < -0.39 is 0 Å². The second-order valence-corrected chi connectivity index (χ2v) is 5.60. The third-order valence-electron chi connectivity index (χ3n) is 3.27. The number of hydrogen-bond acceptors (Lipinski definition) is 5. The third-order valence-corrected chi connectivity index (χ3v) is 4.03. The van der Waals surface area contributed by atoms with Crippen LogP contribution in [0.3, 0.4) is 0 Å². The van der Waals surface area contributed by atoms with Gasteiger partial charge in [0, 0.05) is 22.7 Å². The van der Waals surface area contributed by atoms with Crippen molar-refractivity contribution in [2.45, 2.75) is 0 Å². The molecule has 0 saturated carbocycles. The number of nitrogens with one attached hydrogen (secondary N) is 1. The molecule has 0 aliphatic carbocycles. The monoisotopic (exact) mass is 314 g/mol. The molecule has 0 fully saturated rings. The van der Waals surface area contributed by atoms with Gasteiger partial charge in [-0.2, -0.15) is 0 Å². The first-order valence-corrected chi connectivity index (χ1v) is 7.54. The van der Waals surface area contributed by atoms with Gasteiger partial charge in [0.25, 0.3) is 0 Å². The Labute approximate surface area is 130 Å². The Morgan fingerprint density at radius 2 is 1.86 bits per heavy atom. The lowest BCUT2D eigenvalue weighted by atomic mass is 10.2. The summed E-state index contributed by atoms with van der Waals surface area (Å²) in [6, 6.07) is 11.9. The summed E-state index contributed by atoms with van der Waals surface area (Å²) >= 11 is 1.49. The number of rotatable bonds is 3. The van der Waals surface area contributed by atoms with Crippen LogP contribution in [0.1, 0.15) is 0 Å². The maximum atomic E-state index is 13.0. The van der Waals surface area contributed by atoms with Gasteiger partial charge in [-0.05, 0) is 36.4 Å². The lowest BCUT2D eigenvalue weighted by Crippen LogP contribution is -1.93. The molecule has 1 aliphatic rings. The van der Waals surface area contributed by atoms with E-state index in [0.29, 0.717) is 0 Å². The number of ether oxygens (including phenoxy) is 2. The van der Waals surface area contributed by atoms with Gasteiger partial charge in [0.1, 0.15) is 5.82 Å². The van der Waals surface area contributed by atoms with Crippen molar-refractivity contribution in [2.75, 3.05) is 12.1 Å². The predicted molar refractivity (Wildman–Crippen MR) is 83.4 cm³/mol. The maximum Gasteiger partial charge on any atom is 0.231 e. The second kappa shape index (κ2) is 5.31. The van der Waals surface area contributed by atoms with Crippen molar-refractivity contribution in [1.82, 2.24) is 4.98 Å². The summed E-state index contributed by atoms with van der Waals surface area (Å²) in [7, 11) is 0. The van der Waals surface area contributed by atoms with Gasteiger partial charge in [-0.1, -0.05) is 0 Å². The fourth-order valence-electron chi connectivity index (χ4n) is 2.18. The fourth-order valence-corrected chi connectivity index (χ4v) is 2.92. The number of hydrogen-bond donors (Lipinski definition) is 1. The molecule has 0 amide bonds. The van der Waals surface area contributed by atoms with E-state index in [4.69, 9.17) is 9.47 Å². The summed E-state index contributed by atoms with van der Waals surface area (Å²) in [5.74, 6) is 1.22. The molecule has 0 spiro atoms. The van der Waals surface area contributed by atoms with E-state index in [2.05, 4.69) is 10.3 Å². The van der Waals surface area contributed by atoms with Gasteiger partial charge in [0.15, 0.2) is 16.6 Å². The molecular formula is C16H11FN2O2S. The van der Waals surface area contributed by atoms with E-state index in [-0.39, 0.29) is 12.6 Å². The van der Waals surface area contributed by atoms with Crippen LogP contribution in [0.2, 0.25) is 0 Å². The van der Waals surface area contributed by atoms with Crippen LogP contribution in [-0.2, 0) is 0 Å². The van der Waals surface area contributed by atoms with Crippen LogP contribution in [0.15, 0.2) is 47.8 Å². The Morgan fingerprint density at radius 3 is 2.73 bits per heavy atom. The zero-order valence-corrected chi connectivity index (χ0v) is 12.2. The van der Waals surface area contributed by atoms with E-state index in [0.717, 1.165) is 33.6 Å². The molecule has 22 heavy (non-hydrogen) atoms. The average Bonchev–Trinajstić information content (AvgIpc) is 3.17. The Balaban J connectivity index is 1.55. The number of anilines is 2. The standard InChI is InChI=1S/C16H11FN2O2S/c17-11-3-1-10(2-4-11)13-8-22-16(19-13)18-12-5-6-14-15(7-12)21-9-20-14/h1-8H,9H2,(H,18,19). The van der Waals surface area contributed by atoms with E-state index in [1.165, 1.54) is 23.5 Å². The smallest absolute Gasteiger partial charge is 0.231 e. The molecule has 3 aromatic rings. The summed E-state index contributed by atoms with van der Waals surface area (Å²) in [4.78, 5) is 4.51. The molecule has 1 aliphatic heterocycles. The van der Waals surface area contributed by atoms with Crippen LogP contribution >= 0.6 is 11.3 Å². The number of thiazole rings is 1. The Hall–Kier alpha value is -2.60. The van der Waals surface area contributed by atoms with E-state index in [9.17, 15) is 4.39 Å². The van der Waals surface area contributed by atoms with Gasteiger partial charge in [0.2, 0.25) is 6.79 Å². The lowest BCUT2D eigenvalue weighted by Gasteiger charge is -2.03. The van der Waals surface area contributed by atoms with Gasteiger partial charge in [-0.15, -0.1) is 11.3 Å². The first kappa shape index (κ1) is 13.1. The molecule has 1 aromatic heterocycles. The SMILES string of the molecule is Fc1ccc(-c2csc(Nc3ccc4c(c3)OCO4)n2)cc1. The first-order chi connectivity index (χ1) is 10.8. The van der Waals surface area contributed by atoms with Crippen molar-refractivity contribution < 1.29 is 13.9 Å². The molecule has 4 nitrogen and oxygen atoms in total. The van der Waals surface area contributed by atoms with Gasteiger partial charge in [-0.3, -0.25) is 0 Å². The zero-order chi connectivity index (χ0) is 14.9. The zero-order valence-electron chi connectivity index (χ0n) is 11.4. The number of fused-ring (bicyclic) bond motifs is 1. The molecule has 0 radical (unpaired) electrons. The minimum absolute atomic E-state index is 0.252. The summed E-state index contributed by atoms with van der Waals surface area (Å²) < 4.78 is 23.6. The molecule has 0 saturated heterocycles. The predicted octanol–water partition coefficient (Wildman–Crippen LogP) is 4.42. The fraction of sp³-hybridized carbons (Fsp3) is 0.0625. The van der Waals surface area contributed by atoms with Crippen LogP contribution in [0.4, 0.5) is 15.2 Å². The largest absolute Gasteiger partial charge is 0.454 e. The van der Waals surface area contributed by atoms with Gasteiger partial charge in [0.05, 0.1) is 5.69 Å². The highest BCUT2D eigenvalue weighted by molar-refractivity contribution is 7.14. The van der Waals surface area contributed by atoms with Crippen molar-refractivity contribution in [3.63, 3.8) is 0 Å². The van der Waals surface area contributed by atoms with Crippen LogP contribution in [0, 0.1) is 5.82 Å². The van der Waals surface area contributed by atoms with Crippen LogP contribution < -0.4 is 14.8 Å². The molecule has 1 N–H and O–H groups in total. The molecule has 0 atom stereocenters. The van der Waals surface area contributed by atoms with Crippen molar-refractivity contribution in [2.24, 2.45) is 0 Å². The van der Waals surface area contributed by atoms with Crippen molar-refractivity contribution in [1.29, 1.82) is 0 Å². The van der Waals surface area contributed by atoms with Gasteiger partial charge >= 0.3 is 0 Å². The van der Waals surface area contributed by atoms with Crippen LogP contribution in [0.5, 0.6) is 11.5 Å². The van der Waals surface area contributed by atoms with Gasteiger partial charge in [-0.25, -0.2) is 9.37 Å². The Morgan fingerprint density at radius 1 is 1.05 bits per heavy atom. The summed E-state index contributed by atoms with van der Waals surface area (Å²) in [5, 5.41) is 5.93. The minimum atomic E-state index is -0.252. The first-order valence-electron chi connectivity index (χ1n) is 6.66. The Kier molecular flexibility index (Phi) is 3.16. The van der Waals surface area contributed by atoms with Crippen LogP contribution in [0.25, 0.3) is 11.3 Å². The summed E-state index contributed by atoms with van der Waals surface area (Å²) in [5.41, 5.74) is 2.58. The highest BCUT2D eigenvalue weighted by atomic mass is 32.1. The van der Waals surface area contributed by atoms with Crippen molar-refractivity contribution in [3.8, 4) is 22.8 Å². The molecule has 0 unspecified atom stereocenters. The van der Waals surface area contributed by atoms with E-state index >= 15 is 0 Å². The molecule has 0 bridgehead atoms. The summed E-state index contributed by atoms with van der Waals surface area (Å²) in [6.45, 7) is 0.255. The highest BCUT2D eigenvalue weighted by Crippen LogP contribution is 2.35. The molecule has 6 heteroatoms. The molecule has 2 aromatic carbocycles. The van der Waals surface area contributed by atoms with Crippen LogP contribution in [-0.4, -0.2) is 11.8 Å². The van der Waals surface area contributed by atoms with Crippen molar-refractivity contribution in [3.05, 3.63) is 53.7 Å². The van der Waals surface area contributed by atoms with E-state index in [1.807, 2.05) is 23.6 Å². The lowest BCUT2D eigenvalue weighted by molar-refractivity contribution is 0.174. The third kappa shape index (κ3) is 2.48.